The summed E-state index contributed by atoms with van der Waals surface area (Å²) in [7, 11) is -1.65. The van der Waals surface area contributed by atoms with E-state index in [0.717, 1.165) is 19.5 Å². The van der Waals surface area contributed by atoms with Crippen molar-refractivity contribution in [2.24, 2.45) is 0 Å². The van der Waals surface area contributed by atoms with Gasteiger partial charge < -0.3 is 10.1 Å². The van der Waals surface area contributed by atoms with Crippen molar-refractivity contribution in [3.05, 3.63) is 0 Å². The highest BCUT2D eigenvalue weighted by Gasteiger charge is 2.27. The van der Waals surface area contributed by atoms with Gasteiger partial charge in [-0.3, -0.25) is 0 Å². The van der Waals surface area contributed by atoms with Crippen molar-refractivity contribution < 1.29 is 13.2 Å². The molecule has 7 heteroatoms. The summed E-state index contributed by atoms with van der Waals surface area (Å²) in [6.45, 7) is 6.25. The molecule has 0 aromatic heterocycles. The SMILES string of the molecule is CCNCCCN(C)S(=O)(=O)N1CCOCC1. The van der Waals surface area contributed by atoms with E-state index in [0.29, 0.717) is 32.8 Å². The van der Waals surface area contributed by atoms with Crippen LogP contribution in [0.1, 0.15) is 13.3 Å². The van der Waals surface area contributed by atoms with E-state index in [4.69, 9.17) is 4.74 Å². The van der Waals surface area contributed by atoms with Crippen LogP contribution < -0.4 is 5.32 Å². The zero-order valence-corrected chi connectivity index (χ0v) is 11.5. The Labute approximate surface area is 104 Å². The Kier molecular flexibility index (Phi) is 6.35. The van der Waals surface area contributed by atoms with Crippen LogP contribution in [0, 0.1) is 0 Å². The van der Waals surface area contributed by atoms with E-state index in [9.17, 15) is 8.42 Å². The third-order valence-corrected chi connectivity index (χ3v) is 4.75. The van der Waals surface area contributed by atoms with E-state index in [1.54, 1.807) is 7.05 Å². The molecule has 1 rings (SSSR count). The van der Waals surface area contributed by atoms with Crippen LogP contribution in [0.2, 0.25) is 0 Å². The number of nitrogens with one attached hydrogen (secondary N) is 1. The number of nitrogens with zero attached hydrogens (tertiary/aromatic N) is 2. The molecule has 0 aromatic rings. The smallest absolute Gasteiger partial charge is 0.281 e. The molecule has 0 aromatic carbocycles. The first-order valence-electron chi connectivity index (χ1n) is 6.09. The Balaban J connectivity index is 2.39. The Morgan fingerprint density at radius 1 is 1.35 bits per heavy atom. The third-order valence-electron chi connectivity index (χ3n) is 2.77. The molecular weight excluding hydrogens is 242 g/mol. The van der Waals surface area contributed by atoms with E-state index in [-0.39, 0.29) is 0 Å². The second-order valence-corrected chi connectivity index (χ2v) is 6.08. The minimum atomic E-state index is -3.29. The summed E-state index contributed by atoms with van der Waals surface area (Å²) >= 11 is 0. The van der Waals surface area contributed by atoms with Crippen molar-refractivity contribution in [1.82, 2.24) is 13.9 Å². The summed E-state index contributed by atoms with van der Waals surface area (Å²) in [6, 6.07) is 0. The molecule has 0 unspecified atom stereocenters. The van der Waals surface area contributed by atoms with Crippen molar-refractivity contribution >= 4 is 10.2 Å². The Morgan fingerprint density at radius 3 is 2.59 bits per heavy atom. The van der Waals surface area contributed by atoms with E-state index in [2.05, 4.69) is 5.32 Å². The fourth-order valence-corrected chi connectivity index (χ4v) is 3.06. The molecular formula is C10H23N3O3S. The van der Waals surface area contributed by atoms with Gasteiger partial charge >= 0.3 is 0 Å². The highest BCUT2D eigenvalue weighted by atomic mass is 32.2. The Hall–Kier alpha value is -0.210. The predicted molar refractivity (Wildman–Crippen MR) is 67.1 cm³/mol. The van der Waals surface area contributed by atoms with Crippen molar-refractivity contribution in [2.75, 3.05) is 53.0 Å². The largest absolute Gasteiger partial charge is 0.379 e. The standard InChI is InChI=1S/C10H23N3O3S/c1-3-11-5-4-6-12(2)17(14,15)13-7-9-16-10-8-13/h11H,3-10H2,1-2H3. The van der Waals surface area contributed by atoms with Crippen molar-refractivity contribution in [3.63, 3.8) is 0 Å². The lowest BCUT2D eigenvalue weighted by Crippen LogP contribution is -2.47. The molecule has 1 fully saturated rings. The lowest BCUT2D eigenvalue weighted by Gasteiger charge is -2.30. The first-order valence-corrected chi connectivity index (χ1v) is 7.48. The lowest BCUT2D eigenvalue weighted by atomic mass is 10.4. The topological polar surface area (TPSA) is 61.9 Å². The molecule has 1 aliphatic rings. The van der Waals surface area contributed by atoms with Gasteiger partial charge in [0, 0.05) is 26.7 Å². The molecule has 0 spiro atoms. The van der Waals surface area contributed by atoms with Gasteiger partial charge in [-0.2, -0.15) is 17.0 Å². The van der Waals surface area contributed by atoms with Gasteiger partial charge in [-0.1, -0.05) is 6.92 Å². The zero-order chi connectivity index (χ0) is 12.7. The number of hydrogen-bond acceptors (Lipinski definition) is 4. The minimum Gasteiger partial charge on any atom is -0.379 e. The summed E-state index contributed by atoms with van der Waals surface area (Å²) in [6.07, 6.45) is 0.827. The molecule has 1 N–H and O–H groups in total. The van der Waals surface area contributed by atoms with Crippen molar-refractivity contribution in [2.45, 2.75) is 13.3 Å². The molecule has 0 saturated carbocycles. The fourth-order valence-electron chi connectivity index (χ4n) is 1.69. The van der Waals surface area contributed by atoms with Gasteiger partial charge in [0.1, 0.15) is 0 Å². The molecule has 0 atom stereocenters. The Bertz CT molecular complexity index is 302. The highest BCUT2D eigenvalue weighted by molar-refractivity contribution is 7.86. The predicted octanol–water partition coefficient (Wildman–Crippen LogP) is -0.505. The molecule has 102 valence electrons. The van der Waals surface area contributed by atoms with Crippen molar-refractivity contribution in [3.8, 4) is 0 Å². The normalized spacial score (nSPS) is 18.8. The van der Waals surface area contributed by atoms with Gasteiger partial charge in [-0.25, -0.2) is 0 Å². The first-order chi connectivity index (χ1) is 8.09. The molecule has 1 aliphatic heterocycles. The average Bonchev–Trinajstić information content (AvgIpc) is 2.35. The summed E-state index contributed by atoms with van der Waals surface area (Å²) in [5, 5.41) is 3.18. The molecule has 6 nitrogen and oxygen atoms in total. The molecule has 0 amide bonds. The third kappa shape index (κ3) is 4.51. The maximum atomic E-state index is 12.1. The van der Waals surface area contributed by atoms with E-state index in [1.807, 2.05) is 6.92 Å². The second kappa shape index (κ2) is 7.27. The Morgan fingerprint density at radius 2 is 2.00 bits per heavy atom. The maximum absolute atomic E-state index is 12.1. The molecule has 1 saturated heterocycles. The fraction of sp³-hybridized carbons (Fsp3) is 1.00. The van der Waals surface area contributed by atoms with Crippen LogP contribution in [0.3, 0.4) is 0 Å². The maximum Gasteiger partial charge on any atom is 0.281 e. The number of ether oxygens (including phenoxy) is 1. The van der Waals surface area contributed by atoms with E-state index < -0.39 is 10.2 Å². The zero-order valence-electron chi connectivity index (χ0n) is 10.7. The molecule has 0 radical (unpaired) electrons. The molecule has 1 heterocycles. The van der Waals surface area contributed by atoms with Crippen LogP contribution in [0.4, 0.5) is 0 Å². The number of rotatable bonds is 7. The first kappa shape index (κ1) is 14.8. The highest BCUT2D eigenvalue weighted by Crippen LogP contribution is 2.09. The van der Waals surface area contributed by atoms with Gasteiger partial charge in [-0.15, -0.1) is 0 Å². The van der Waals surface area contributed by atoms with Gasteiger partial charge in [0.25, 0.3) is 10.2 Å². The van der Waals surface area contributed by atoms with Gasteiger partial charge in [0.2, 0.25) is 0 Å². The van der Waals surface area contributed by atoms with Gasteiger partial charge in [0.05, 0.1) is 13.2 Å². The summed E-state index contributed by atoms with van der Waals surface area (Å²) in [5.41, 5.74) is 0. The van der Waals surface area contributed by atoms with Gasteiger partial charge in [-0.05, 0) is 19.5 Å². The van der Waals surface area contributed by atoms with Crippen LogP contribution in [-0.2, 0) is 14.9 Å². The number of hydrogen-bond donors (Lipinski definition) is 1. The molecule has 17 heavy (non-hydrogen) atoms. The van der Waals surface area contributed by atoms with Crippen LogP contribution in [-0.4, -0.2) is 70.0 Å². The van der Waals surface area contributed by atoms with E-state index >= 15 is 0 Å². The van der Waals surface area contributed by atoms with Crippen LogP contribution in [0.15, 0.2) is 0 Å². The van der Waals surface area contributed by atoms with Crippen LogP contribution >= 0.6 is 0 Å². The quantitative estimate of drug-likeness (QED) is 0.630. The van der Waals surface area contributed by atoms with Crippen LogP contribution in [0.25, 0.3) is 0 Å². The monoisotopic (exact) mass is 265 g/mol. The average molecular weight is 265 g/mol. The van der Waals surface area contributed by atoms with Gasteiger partial charge in [0.15, 0.2) is 0 Å². The lowest BCUT2D eigenvalue weighted by molar-refractivity contribution is 0.0706. The summed E-state index contributed by atoms with van der Waals surface area (Å²) in [4.78, 5) is 0. The van der Waals surface area contributed by atoms with Crippen molar-refractivity contribution in [1.29, 1.82) is 0 Å². The molecule has 0 bridgehead atoms. The summed E-state index contributed by atoms with van der Waals surface area (Å²) < 4.78 is 32.3. The van der Waals surface area contributed by atoms with E-state index in [1.165, 1.54) is 8.61 Å². The number of morpholine rings is 1. The second-order valence-electron chi connectivity index (χ2n) is 4.05. The summed E-state index contributed by atoms with van der Waals surface area (Å²) in [5.74, 6) is 0. The van der Waals surface area contributed by atoms with Crippen LogP contribution in [0.5, 0.6) is 0 Å². The molecule has 0 aliphatic carbocycles. The minimum absolute atomic E-state index is 0.458.